The van der Waals surface area contributed by atoms with Gasteiger partial charge in [0.05, 0.1) is 32.5 Å². The molecule has 0 aromatic carbocycles. The van der Waals surface area contributed by atoms with Gasteiger partial charge in [-0.1, -0.05) is 58.3 Å². The molecular formula is C19H36O3. The number of epoxide rings is 1. The Balaban J connectivity index is 1.32. The number of unbranched alkanes of at least 4 members (excludes halogenated alkanes) is 7. The van der Waals surface area contributed by atoms with E-state index in [0.717, 1.165) is 33.0 Å². The first kappa shape index (κ1) is 18.2. The maximum Gasteiger partial charge on any atom is 0.0810 e. The van der Waals surface area contributed by atoms with Crippen LogP contribution < -0.4 is 0 Å². The van der Waals surface area contributed by atoms with Gasteiger partial charge in [0.15, 0.2) is 0 Å². The van der Waals surface area contributed by atoms with Gasteiger partial charge in [0.25, 0.3) is 0 Å². The predicted molar refractivity (Wildman–Crippen MR) is 90.3 cm³/mol. The van der Waals surface area contributed by atoms with Crippen LogP contribution in [0.1, 0.15) is 77.6 Å². The lowest BCUT2D eigenvalue weighted by Crippen LogP contribution is -2.46. The minimum Gasteiger partial charge on any atom is -0.381 e. The summed E-state index contributed by atoms with van der Waals surface area (Å²) in [5.41, 5.74) is 0.362. The second-order valence-electron chi connectivity index (χ2n) is 7.37. The predicted octanol–water partition coefficient (Wildman–Crippen LogP) is 4.73. The molecule has 2 aliphatic rings. The normalized spacial score (nSPS) is 22.5. The minimum absolute atomic E-state index is 0.362. The zero-order chi connectivity index (χ0) is 15.5. The molecule has 0 amide bonds. The summed E-state index contributed by atoms with van der Waals surface area (Å²) in [6, 6.07) is 0. The van der Waals surface area contributed by atoms with Crippen LogP contribution in [-0.2, 0) is 14.2 Å². The molecule has 1 unspecified atom stereocenters. The highest BCUT2D eigenvalue weighted by atomic mass is 16.6. The molecule has 0 aliphatic carbocycles. The number of ether oxygens (including phenoxy) is 3. The summed E-state index contributed by atoms with van der Waals surface area (Å²) in [6.07, 6.45) is 15.2. The first-order valence-corrected chi connectivity index (χ1v) is 9.62. The van der Waals surface area contributed by atoms with Gasteiger partial charge < -0.3 is 14.2 Å². The van der Waals surface area contributed by atoms with Gasteiger partial charge in [-0.15, -0.1) is 0 Å². The molecular weight excluding hydrogens is 276 g/mol. The summed E-state index contributed by atoms with van der Waals surface area (Å²) < 4.78 is 16.6. The molecule has 2 heterocycles. The maximum absolute atomic E-state index is 5.92. The Morgan fingerprint density at radius 3 is 2.23 bits per heavy atom. The zero-order valence-corrected chi connectivity index (χ0v) is 14.6. The van der Waals surface area contributed by atoms with Crippen LogP contribution in [0.25, 0.3) is 0 Å². The largest absolute Gasteiger partial charge is 0.381 e. The van der Waals surface area contributed by atoms with Crippen molar-refractivity contribution in [1.29, 1.82) is 0 Å². The van der Waals surface area contributed by atoms with E-state index in [1.165, 1.54) is 70.6 Å². The van der Waals surface area contributed by atoms with Gasteiger partial charge in [-0.2, -0.15) is 0 Å². The van der Waals surface area contributed by atoms with E-state index in [1.54, 1.807) is 0 Å². The number of hydrogen-bond acceptors (Lipinski definition) is 3. The number of rotatable bonds is 15. The topological polar surface area (TPSA) is 31.0 Å². The zero-order valence-electron chi connectivity index (χ0n) is 14.6. The highest BCUT2D eigenvalue weighted by molar-refractivity contribution is 4.85. The molecule has 0 radical (unpaired) electrons. The summed E-state index contributed by atoms with van der Waals surface area (Å²) in [4.78, 5) is 0. The van der Waals surface area contributed by atoms with Crippen LogP contribution in [0.3, 0.4) is 0 Å². The fraction of sp³-hybridized carbons (Fsp3) is 1.00. The lowest BCUT2D eigenvalue weighted by molar-refractivity contribution is -0.153. The van der Waals surface area contributed by atoms with E-state index in [0.29, 0.717) is 11.5 Å². The quantitative estimate of drug-likeness (QED) is 0.323. The second-order valence-corrected chi connectivity index (χ2v) is 7.37. The Labute approximate surface area is 137 Å². The Bertz CT molecular complexity index is 272. The van der Waals surface area contributed by atoms with E-state index in [9.17, 15) is 0 Å². The third-order valence-corrected chi connectivity index (χ3v) is 5.00. The molecule has 2 saturated heterocycles. The SMILES string of the molecule is CCCCC1(COCCCCCCCCCC2CO2)COC1. The van der Waals surface area contributed by atoms with Gasteiger partial charge >= 0.3 is 0 Å². The van der Waals surface area contributed by atoms with E-state index < -0.39 is 0 Å². The second kappa shape index (κ2) is 10.6. The fourth-order valence-corrected chi connectivity index (χ4v) is 3.23. The lowest BCUT2D eigenvalue weighted by atomic mass is 9.82. The van der Waals surface area contributed by atoms with Crippen LogP contribution in [0.2, 0.25) is 0 Å². The van der Waals surface area contributed by atoms with E-state index in [2.05, 4.69) is 6.92 Å². The van der Waals surface area contributed by atoms with Crippen molar-refractivity contribution in [2.45, 2.75) is 83.7 Å². The van der Waals surface area contributed by atoms with Gasteiger partial charge in [0.1, 0.15) is 0 Å². The molecule has 2 aliphatic heterocycles. The lowest BCUT2D eigenvalue weighted by Gasteiger charge is -2.41. The minimum atomic E-state index is 0.362. The fourth-order valence-electron chi connectivity index (χ4n) is 3.23. The van der Waals surface area contributed by atoms with E-state index >= 15 is 0 Å². The van der Waals surface area contributed by atoms with E-state index in [1.807, 2.05) is 0 Å². The summed E-state index contributed by atoms with van der Waals surface area (Å²) in [7, 11) is 0. The first-order valence-electron chi connectivity index (χ1n) is 9.62. The van der Waals surface area contributed by atoms with Gasteiger partial charge in [-0.05, 0) is 19.3 Å². The molecule has 130 valence electrons. The molecule has 0 aromatic rings. The highest BCUT2D eigenvalue weighted by Gasteiger charge is 2.37. The average Bonchev–Trinajstić information content (AvgIpc) is 3.30. The first-order chi connectivity index (χ1) is 10.8. The summed E-state index contributed by atoms with van der Waals surface area (Å²) >= 11 is 0. The van der Waals surface area contributed by atoms with E-state index in [-0.39, 0.29) is 0 Å². The average molecular weight is 312 g/mol. The molecule has 0 N–H and O–H groups in total. The van der Waals surface area contributed by atoms with Crippen molar-refractivity contribution < 1.29 is 14.2 Å². The van der Waals surface area contributed by atoms with Gasteiger partial charge in [0, 0.05) is 12.0 Å². The van der Waals surface area contributed by atoms with Crippen LogP contribution in [0, 0.1) is 5.41 Å². The van der Waals surface area contributed by atoms with Crippen molar-refractivity contribution in [3.8, 4) is 0 Å². The van der Waals surface area contributed by atoms with Crippen molar-refractivity contribution in [1.82, 2.24) is 0 Å². The van der Waals surface area contributed by atoms with Gasteiger partial charge in [-0.3, -0.25) is 0 Å². The standard InChI is InChI=1S/C19H36O3/c1-2-3-12-19(16-21-17-19)15-20-13-10-8-6-4-5-7-9-11-18-14-22-18/h18H,2-17H2,1H3. The molecule has 0 bridgehead atoms. The molecule has 0 aromatic heterocycles. The van der Waals surface area contributed by atoms with Crippen LogP contribution in [0.5, 0.6) is 0 Å². The summed E-state index contributed by atoms with van der Waals surface area (Å²) in [5, 5.41) is 0. The van der Waals surface area contributed by atoms with Crippen molar-refractivity contribution in [2.24, 2.45) is 5.41 Å². The third kappa shape index (κ3) is 7.43. The smallest absolute Gasteiger partial charge is 0.0810 e. The summed E-state index contributed by atoms with van der Waals surface area (Å²) in [6.45, 7) is 6.96. The Morgan fingerprint density at radius 2 is 1.64 bits per heavy atom. The van der Waals surface area contributed by atoms with Crippen LogP contribution in [0.15, 0.2) is 0 Å². The molecule has 0 saturated carbocycles. The van der Waals surface area contributed by atoms with Crippen molar-refractivity contribution in [2.75, 3.05) is 33.0 Å². The van der Waals surface area contributed by atoms with Crippen LogP contribution in [-0.4, -0.2) is 39.1 Å². The molecule has 2 fully saturated rings. The Hall–Kier alpha value is -0.120. The highest BCUT2D eigenvalue weighted by Crippen LogP contribution is 2.33. The van der Waals surface area contributed by atoms with Crippen molar-refractivity contribution in [3.05, 3.63) is 0 Å². The van der Waals surface area contributed by atoms with E-state index in [4.69, 9.17) is 14.2 Å². The molecule has 3 heteroatoms. The molecule has 0 spiro atoms. The monoisotopic (exact) mass is 312 g/mol. The number of hydrogen-bond donors (Lipinski definition) is 0. The summed E-state index contributed by atoms with van der Waals surface area (Å²) in [5.74, 6) is 0. The molecule has 22 heavy (non-hydrogen) atoms. The van der Waals surface area contributed by atoms with Crippen LogP contribution in [0.4, 0.5) is 0 Å². The van der Waals surface area contributed by atoms with Crippen LogP contribution >= 0.6 is 0 Å². The van der Waals surface area contributed by atoms with Gasteiger partial charge in [0.2, 0.25) is 0 Å². The molecule has 3 nitrogen and oxygen atoms in total. The Morgan fingerprint density at radius 1 is 0.955 bits per heavy atom. The third-order valence-electron chi connectivity index (χ3n) is 5.00. The van der Waals surface area contributed by atoms with Crippen molar-refractivity contribution >= 4 is 0 Å². The molecule has 1 atom stereocenters. The van der Waals surface area contributed by atoms with Gasteiger partial charge in [-0.25, -0.2) is 0 Å². The molecule has 2 rings (SSSR count). The Kier molecular flexibility index (Phi) is 8.79. The van der Waals surface area contributed by atoms with Crippen molar-refractivity contribution in [3.63, 3.8) is 0 Å². The maximum atomic E-state index is 5.92.